The number of nitrogens with one attached hydrogen (secondary N) is 1. The molecular weight excluding hydrogens is 354 g/mol. The normalized spacial score (nSPS) is 11.5. The maximum atomic E-state index is 12.7. The van der Waals surface area contributed by atoms with Gasteiger partial charge in [-0.1, -0.05) is 48.5 Å². The number of hydrogen-bond acceptors (Lipinski definition) is 3. The zero-order valence-corrected chi connectivity index (χ0v) is 15.5. The summed E-state index contributed by atoms with van der Waals surface area (Å²) < 4.78 is 5.82. The molecule has 0 aliphatic carbocycles. The summed E-state index contributed by atoms with van der Waals surface area (Å²) in [7, 11) is 0. The predicted molar refractivity (Wildman–Crippen MR) is 107 cm³/mol. The van der Waals surface area contributed by atoms with Gasteiger partial charge in [0.1, 0.15) is 11.5 Å². The maximum absolute atomic E-state index is 12.7. The number of amides is 1. The minimum Gasteiger partial charge on any atom is -0.481 e. The lowest BCUT2D eigenvalue weighted by Gasteiger charge is -2.19. The van der Waals surface area contributed by atoms with Gasteiger partial charge in [0.05, 0.1) is 12.5 Å². The zero-order chi connectivity index (χ0) is 19.9. The van der Waals surface area contributed by atoms with Gasteiger partial charge in [0.25, 0.3) is 5.91 Å². The molecule has 0 bridgehead atoms. The lowest BCUT2D eigenvalue weighted by Crippen LogP contribution is -2.30. The first kappa shape index (κ1) is 19.2. The second-order valence-corrected chi connectivity index (χ2v) is 6.43. The molecule has 0 heterocycles. The van der Waals surface area contributed by atoms with Gasteiger partial charge in [0.15, 0.2) is 0 Å². The molecule has 0 aromatic heterocycles. The van der Waals surface area contributed by atoms with Crippen molar-refractivity contribution >= 4 is 11.9 Å². The van der Waals surface area contributed by atoms with Gasteiger partial charge in [-0.05, 0) is 48.4 Å². The fourth-order valence-corrected chi connectivity index (χ4v) is 2.91. The van der Waals surface area contributed by atoms with Gasteiger partial charge in [-0.3, -0.25) is 9.59 Å². The molecule has 0 aliphatic heterocycles. The lowest BCUT2D eigenvalue weighted by atomic mass is 10.0. The fraction of sp³-hybridized carbons (Fsp3) is 0.130. The van der Waals surface area contributed by atoms with E-state index >= 15 is 0 Å². The molecule has 3 rings (SSSR count). The molecule has 2 N–H and O–H groups in total. The van der Waals surface area contributed by atoms with Gasteiger partial charge in [0.2, 0.25) is 0 Å². The Hall–Kier alpha value is -3.60. The number of carboxylic acid groups (broad SMARTS) is 1. The van der Waals surface area contributed by atoms with Gasteiger partial charge in [-0.25, -0.2) is 0 Å². The summed E-state index contributed by atoms with van der Waals surface area (Å²) in [5.41, 5.74) is 2.02. The summed E-state index contributed by atoms with van der Waals surface area (Å²) in [4.78, 5) is 24.0. The number of carbonyl (C=O) groups excluding carboxylic acids is 1. The van der Waals surface area contributed by atoms with E-state index in [-0.39, 0.29) is 12.3 Å². The van der Waals surface area contributed by atoms with Crippen molar-refractivity contribution in [1.82, 2.24) is 5.32 Å². The monoisotopic (exact) mass is 375 g/mol. The third-order valence-electron chi connectivity index (χ3n) is 4.31. The van der Waals surface area contributed by atoms with Crippen molar-refractivity contribution in [3.63, 3.8) is 0 Å². The molecule has 1 amide bonds. The van der Waals surface area contributed by atoms with Crippen molar-refractivity contribution in [2.45, 2.75) is 19.4 Å². The Bertz CT molecular complexity index is 969. The van der Waals surface area contributed by atoms with Gasteiger partial charge < -0.3 is 15.2 Å². The molecule has 5 nitrogen and oxygen atoms in total. The number of hydrogen-bond donors (Lipinski definition) is 2. The molecule has 28 heavy (non-hydrogen) atoms. The summed E-state index contributed by atoms with van der Waals surface area (Å²) in [5.74, 6) is -0.0502. The number of para-hydroxylation sites is 1. The molecule has 3 aromatic carbocycles. The molecule has 142 valence electrons. The molecule has 1 unspecified atom stereocenters. The minimum atomic E-state index is -0.996. The average molecular weight is 375 g/mol. The maximum Gasteiger partial charge on any atom is 0.305 e. The molecule has 0 saturated heterocycles. The number of carbonyl (C=O) groups is 2. The number of benzene rings is 3. The molecule has 1 atom stereocenters. The lowest BCUT2D eigenvalue weighted by molar-refractivity contribution is -0.137. The van der Waals surface area contributed by atoms with Gasteiger partial charge in [-0.15, -0.1) is 0 Å². The topological polar surface area (TPSA) is 75.6 Å². The van der Waals surface area contributed by atoms with Crippen LogP contribution in [-0.2, 0) is 4.79 Å². The standard InChI is InChI=1S/C23H21NO4/c1-16-8-5-6-13-20(16)23(27)24-21(15-22(25)26)17-9-7-12-19(14-17)28-18-10-3-2-4-11-18/h2-14,21H,15H2,1H3,(H,24,27)(H,25,26). The highest BCUT2D eigenvalue weighted by Crippen LogP contribution is 2.26. The Kier molecular flexibility index (Phi) is 6.07. The Labute approximate surface area is 163 Å². The van der Waals surface area contributed by atoms with Gasteiger partial charge >= 0.3 is 5.97 Å². The Morgan fingerprint density at radius 3 is 2.32 bits per heavy atom. The Balaban J connectivity index is 1.83. The van der Waals surface area contributed by atoms with E-state index < -0.39 is 12.0 Å². The number of aryl methyl sites for hydroxylation is 1. The highest BCUT2D eigenvalue weighted by atomic mass is 16.5. The molecule has 5 heteroatoms. The van der Waals surface area contributed by atoms with E-state index in [2.05, 4.69) is 5.32 Å². The number of carboxylic acids is 1. The Morgan fingerprint density at radius 1 is 0.929 bits per heavy atom. The summed E-state index contributed by atoms with van der Waals surface area (Å²) >= 11 is 0. The van der Waals surface area contributed by atoms with E-state index in [4.69, 9.17) is 4.74 Å². The average Bonchev–Trinajstić information content (AvgIpc) is 2.68. The fourth-order valence-electron chi connectivity index (χ4n) is 2.91. The van der Waals surface area contributed by atoms with Crippen molar-refractivity contribution in [2.24, 2.45) is 0 Å². The van der Waals surface area contributed by atoms with Crippen LogP contribution in [0.1, 0.15) is 33.9 Å². The van der Waals surface area contributed by atoms with Gasteiger partial charge in [0, 0.05) is 5.56 Å². The number of aliphatic carboxylic acids is 1. The van der Waals surface area contributed by atoms with Crippen molar-refractivity contribution in [1.29, 1.82) is 0 Å². The van der Waals surface area contributed by atoms with E-state index in [1.165, 1.54) is 0 Å². The molecule has 0 fully saturated rings. The molecule has 0 saturated carbocycles. The summed E-state index contributed by atoms with van der Waals surface area (Å²) in [6.07, 6.45) is -0.230. The van der Waals surface area contributed by atoms with Crippen LogP contribution >= 0.6 is 0 Å². The predicted octanol–water partition coefficient (Wildman–Crippen LogP) is 4.73. The molecular formula is C23H21NO4. The smallest absolute Gasteiger partial charge is 0.305 e. The second kappa shape index (κ2) is 8.86. The quantitative estimate of drug-likeness (QED) is 0.626. The van der Waals surface area contributed by atoms with E-state index in [9.17, 15) is 14.7 Å². The van der Waals surface area contributed by atoms with Crippen LogP contribution in [0.2, 0.25) is 0 Å². The number of rotatable bonds is 7. The third-order valence-corrected chi connectivity index (χ3v) is 4.31. The van der Waals surface area contributed by atoms with Crippen molar-refractivity contribution < 1.29 is 19.4 Å². The van der Waals surface area contributed by atoms with Crippen LogP contribution in [0.15, 0.2) is 78.9 Å². The van der Waals surface area contributed by atoms with Crippen molar-refractivity contribution in [3.8, 4) is 11.5 Å². The first-order valence-corrected chi connectivity index (χ1v) is 8.94. The number of ether oxygens (including phenoxy) is 1. The second-order valence-electron chi connectivity index (χ2n) is 6.43. The molecule has 0 radical (unpaired) electrons. The summed E-state index contributed by atoms with van der Waals surface area (Å²) in [5, 5.41) is 12.1. The van der Waals surface area contributed by atoms with Crippen LogP contribution < -0.4 is 10.1 Å². The van der Waals surface area contributed by atoms with Crippen LogP contribution in [0.4, 0.5) is 0 Å². The van der Waals surface area contributed by atoms with E-state index in [0.717, 1.165) is 5.56 Å². The van der Waals surface area contributed by atoms with Crippen molar-refractivity contribution in [2.75, 3.05) is 0 Å². The van der Waals surface area contributed by atoms with E-state index in [1.54, 1.807) is 36.4 Å². The van der Waals surface area contributed by atoms with Gasteiger partial charge in [-0.2, -0.15) is 0 Å². The zero-order valence-electron chi connectivity index (χ0n) is 15.5. The van der Waals surface area contributed by atoms with Crippen LogP contribution in [0.3, 0.4) is 0 Å². The SMILES string of the molecule is Cc1ccccc1C(=O)NC(CC(=O)O)c1cccc(Oc2ccccc2)c1. The Morgan fingerprint density at radius 2 is 1.61 bits per heavy atom. The van der Waals surface area contributed by atoms with Crippen molar-refractivity contribution in [3.05, 3.63) is 95.6 Å². The molecule has 3 aromatic rings. The van der Waals surface area contributed by atoms with Crippen LogP contribution in [0.25, 0.3) is 0 Å². The van der Waals surface area contributed by atoms with Crippen LogP contribution in [0.5, 0.6) is 11.5 Å². The highest BCUT2D eigenvalue weighted by molar-refractivity contribution is 5.96. The van der Waals surface area contributed by atoms with Crippen LogP contribution in [0, 0.1) is 6.92 Å². The molecule has 0 aliphatic rings. The molecule has 0 spiro atoms. The van der Waals surface area contributed by atoms with E-state index in [0.29, 0.717) is 22.6 Å². The van der Waals surface area contributed by atoms with Crippen LogP contribution in [-0.4, -0.2) is 17.0 Å². The third kappa shape index (κ3) is 4.98. The largest absolute Gasteiger partial charge is 0.481 e. The first-order valence-electron chi connectivity index (χ1n) is 8.94. The summed E-state index contributed by atoms with van der Waals surface area (Å²) in [6.45, 7) is 1.84. The summed E-state index contributed by atoms with van der Waals surface area (Å²) in [6, 6.07) is 22.9. The van der Waals surface area contributed by atoms with E-state index in [1.807, 2.05) is 49.4 Å². The minimum absolute atomic E-state index is 0.230. The first-order chi connectivity index (χ1) is 13.5. The highest BCUT2D eigenvalue weighted by Gasteiger charge is 2.20.